The molecule has 0 unspecified atom stereocenters. The van der Waals surface area contributed by atoms with Crippen LogP contribution in [0.1, 0.15) is 15.9 Å². The molecular formula is C15H7F14N3O4. The molecule has 0 atom stereocenters. The van der Waals surface area contributed by atoms with Gasteiger partial charge in [-0.05, 0) is 12.5 Å². The van der Waals surface area contributed by atoms with Crippen LogP contribution in [0.5, 0.6) is 0 Å². The third-order valence-electron chi connectivity index (χ3n) is 4.15. The van der Waals surface area contributed by atoms with Crippen molar-refractivity contribution in [1.82, 2.24) is 5.32 Å². The Kier molecular flexibility index (Phi) is 7.57. The molecule has 0 saturated heterocycles. The number of halogens is 14. The first-order chi connectivity index (χ1) is 15.7. The highest BCUT2D eigenvalue weighted by atomic mass is 19.4. The molecular weight excluding hydrogens is 552 g/mol. The molecule has 0 heterocycles. The van der Waals surface area contributed by atoms with Gasteiger partial charge in [0.15, 0.2) is 0 Å². The number of rotatable bonds is 7. The molecule has 0 aliphatic heterocycles. The molecule has 0 aromatic heterocycles. The lowest BCUT2D eigenvalue weighted by atomic mass is 10.0. The van der Waals surface area contributed by atoms with Gasteiger partial charge >= 0.3 is 42.1 Å². The molecule has 204 valence electrons. The van der Waals surface area contributed by atoms with Crippen molar-refractivity contribution in [1.29, 1.82) is 0 Å². The minimum atomic E-state index is -7.02. The van der Waals surface area contributed by atoms with E-state index < -0.39 is 75.4 Å². The normalized spacial score (nSPS) is 13.9. The number of anilines is 1. The maximum atomic E-state index is 13.5. The van der Waals surface area contributed by atoms with Crippen LogP contribution < -0.4 is 10.6 Å². The lowest BCUT2D eigenvalue weighted by molar-refractivity contribution is -0.384. The topological polar surface area (TPSA) is 101 Å². The molecule has 2 amide bonds. The summed E-state index contributed by atoms with van der Waals surface area (Å²) in [6.45, 7) is 0.397. The Morgan fingerprint density at radius 2 is 1.25 bits per heavy atom. The summed E-state index contributed by atoms with van der Waals surface area (Å²) in [6.07, 6.45) is -14.0. The fourth-order valence-corrected chi connectivity index (χ4v) is 2.16. The molecule has 0 saturated carbocycles. The summed E-state index contributed by atoms with van der Waals surface area (Å²) in [5.41, 5.74) is -6.02. The highest BCUT2D eigenvalue weighted by Gasteiger charge is 2.76. The number of hydrogen-bond acceptors (Lipinski definition) is 4. The van der Waals surface area contributed by atoms with Crippen molar-refractivity contribution in [3.05, 3.63) is 33.4 Å². The van der Waals surface area contributed by atoms with E-state index in [0.717, 1.165) is 0 Å². The zero-order valence-electron chi connectivity index (χ0n) is 16.5. The van der Waals surface area contributed by atoms with E-state index in [0.29, 0.717) is 12.2 Å². The molecule has 0 radical (unpaired) electrons. The van der Waals surface area contributed by atoms with Crippen LogP contribution in [0.25, 0.3) is 0 Å². The second kappa shape index (κ2) is 8.91. The van der Waals surface area contributed by atoms with E-state index in [-0.39, 0.29) is 17.4 Å². The molecule has 0 bridgehead atoms. The molecule has 7 nitrogen and oxygen atoms in total. The van der Waals surface area contributed by atoms with Crippen LogP contribution in [0.4, 0.5) is 72.8 Å². The average molecular weight is 559 g/mol. The van der Waals surface area contributed by atoms with Crippen molar-refractivity contribution >= 4 is 23.2 Å². The van der Waals surface area contributed by atoms with Gasteiger partial charge in [-0.3, -0.25) is 25.0 Å². The monoisotopic (exact) mass is 559 g/mol. The van der Waals surface area contributed by atoms with Crippen molar-refractivity contribution < 1.29 is 76.0 Å². The Hall–Kier alpha value is -3.42. The van der Waals surface area contributed by atoms with Gasteiger partial charge in [-0.25, -0.2) is 0 Å². The Bertz CT molecular complexity index is 1060. The summed E-state index contributed by atoms with van der Waals surface area (Å²) in [7, 11) is 0. The third-order valence-corrected chi connectivity index (χ3v) is 4.15. The van der Waals surface area contributed by atoms with Gasteiger partial charge in [0.2, 0.25) is 0 Å². The molecule has 21 heteroatoms. The lowest BCUT2D eigenvalue weighted by Gasteiger charge is -2.29. The molecule has 0 fully saturated rings. The van der Waals surface area contributed by atoms with Gasteiger partial charge in [-0.15, -0.1) is 0 Å². The largest absolute Gasteiger partial charge is 0.462 e. The number of benzene rings is 1. The molecule has 1 rings (SSSR count). The summed E-state index contributed by atoms with van der Waals surface area (Å²) >= 11 is 0. The fraction of sp³-hybridized carbons (Fsp3) is 0.467. The van der Waals surface area contributed by atoms with Crippen LogP contribution in [-0.2, 0) is 4.79 Å². The summed E-state index contributed by atoms with van der Waals surface area (Å²) in [5, 5.41) is 11.5. The quantitative estimate of drug-likeness (QED) is 0.208. The minimum Gasteiger partial charge on any atom is -0.320 e. The van der Waals surface area contributed by atoms with Crippen LogP contribution in [0, 0.1) is 17.0 Å². The lowest BCUT2D eigenvalue weighted by Crippen LogP contribution is -2.60. The Morgan fingerprint density at radius 3 is 1.64 bits per heavy atom. The van der Waals surface area contributed by atoms with Gasteiger partial charge in [0.1, 0.15) is 0 Å². The van der Waals surface area contributed by atoms with Crippen molar-refractivity contribution in [2.75, 3.05) is 5.32 Å². The summed E-state index contributed by atoms with van der Waals surface area (Å²) < 4.78 is 179. The zero-order chi connectivity index (χ0) is 28.9. The van der Waals surface area contributed by atoms with Gasteiger partial charge in [0.25, 0.3) is 11.6 Å². The fourth-order valence-electron chi connectivity index (χ4n) is 2.16. The number of non-ortho nitro benzene ring substituents is 1. The molecule has 2 N–H and O–H groups in total. The standard InChI is InChI=1S/C15H7F14N3O4/c1-4-6(8(33)31-15(28,29)12(20,21)14(25,26)27)2-5(32(35)36)3-7(4)30-9(34)10(16,17)11(18,19)13(22,23)24/h2-3H,1H3,(H,30,34)(H,31,33). The number of carbonyl (C=O) groups is 2. The number of nitrogens with one attached hydrogen (secondary N) is 2. The Labute approximate surface area is 187 Å². The highest BCUT2D eigenvalue weighted by molar-refractivity contribution is 6.02. The summed E-state index contributed by atoms with van der Waals surface area (Å²) in [6, 6.07) is -6.57. The first-order valence-electron chi connectivity index (χ1n) is 8.30. The number of alkyl halides is 14. The molecule has 0 spiro atoms. The van der Waals surface area contributed by atoms with Crippen LogP contribution >= 0.6 is 0 Å². The van der Waals surface area contributed by atoms with Crippen LogP contribution in [-0.4, -0.2) is 52.9 Å². The summed E-state index contributed by atoms with van der Waals surface area (Å²) in [4.78, 5) is 32.7. The number of nitro groups is 1. The van der Waals surface area contributed by atoms with Gasteiger partial charge in [0.05, 0.1) is 16.2 Å². The number of carbonyl (C=O) groups excluding carboxylic acids is 2. The predicted molar refractivity (Wildman–Crippen MR) is 85.8 cm³/mol. The first kappa shape index (κ1) is 30.6. The van der Waals surface area contributed by atoms with Gasteiger partial charge in [0, 0.05) is 12.1 Å². The maximum absolute atomic E-state index is 13.5. The van der Waals surface area contributed by atoms with Gasteiger partial charge in [-0.1, -0.05) is 0 Å². The number of hydrogen-bond donors (Lipinski definition) is 2. The highest BCUT2D eigenvalue weighted by Crippen LogP contribution is 2.47. The van der Waals surface area contributed by atoms with Crippen LogP contribution in [0.2, 0.25) is 0 Å². The van der Waals surface area contributed by atoms with E-state index in [1.165, 1.54) is 0 Å². The van der Waals surface area contributed by atoms with Crippen molar-refractivity contribution in [2.45, 2.75) is 43.1 Å². The molecule has 1 aromatic rings. The second-order valence-electron chi connectivity index (χ2n) is 6.62. The van der Waals surface area contributed by atoms with E-state index in [1.54, 1.807) is 0 Å². The van der Waals surface area contributed by atoms with Gasteiger partial charge in [-0.2, -0.15) is 61.5 Å². The SMILES string of the molecule is Cc1c(NC(=O)C(F)(F)C(F)(F)C(F)(F)F)cc([N+](=O)[O-])cc1C(=O)NC(F)(F)C(F)(F)C(F)(F)F. The van der Waals surface area contributed by atoms with Crippen molar-refractivity contribution in [2.24, 2.45) is 0 Å². The second-order valence-corrected chi connectivity index (χ2v) is 6.62. The van der Waals surface area contributed by atoms with Gasteiger partial charge < -0.3 is 5.32 Å². The van der Waals surface area contributed by atoms with Crippen LogP contribution in [0.3, 0.4) is 0 Å². The number of amides is 2. The molecule has 0 aliphatic carbocycles. The number of nitro benzene ring substituents is 1. The smallest absolute Gasteiger partial charge is 0.320 e. The zero-order valence-corrected chi connectivity index (χ0v) is 16.5. The third kappa shape index (κ3) is 5.22. The van der Waals surface area contributed by atoms with E-state index >= 15 is 0 Å². The number of nitrogens with zero attached hydrogens (tertiary/aromatic N) is 1. The molecule has 36 heavy (non-hydrogen) atoms. The summed E-state index contributed by atoms with van der Waals surface area (Å²) in [5.74, 6) is -26.7. The van der Waals surface area contributed by atoms with E-state index in [4.69, 9.17) is 0 Å². The average Bonchev–Trinajstić information content (AvgIpc) is 2.66. The predicted octanol–water partition coefficient (Wildman–Crippen LogP) is 5.19. The van der Waals surface area contributed by atoms with Crippen LogP contribution in [0.15, 0.2) is 12.1 Å². The maximum Gasteiger partial charge on any atom is 0.462 e. The Morgan fingerprint density at radius 1 is 0.806 bits per heavy atom. The molecule has 1 aromatic carbocycles. The first-order valence-corrected chi connectivity index (χ1v) is 8.30. The molecule has 0 aliphatic rings. The van der Waals surface area contributed by atoms with E-state index in [2.05, 4.69) is 0 Å². The Balaban J connectivity index is 3.55. The van der Waals surface area contributed by atoms with Crippen molar-refractivity contribution in [3.63, 3.8) is 0 Å². The minimum absolute atomic E-state index is 0.0473. The van der Waals surface area contributed by atoms with E-state index in [1.807, 2.05) is 0 Å². The van der Waals surface area contributed by atoms with Crippen molar-refractivity contribution in [3.8, 4) is 0 Å². The van der Waals surface area contributed by atoms with E-state index in [9.17, 15) is 81.2 Å².